The van der Waals surface area contributed by atoms with Gasteiger partial charge in [0.25, 0.3) is 0 Å². The molecule has 92 valence electrons. The number of nitrogens with one attached hydrogen (secondary N) is 1. The largest absolute Gasteiger partial charge is 0.316 e. The van der Waals surface area contributed by atoms with Crippen LogP contribution in [0, 0.1) is 11.7 Å². The van der Waals surface area contributed by atoms with Crippen molar-refractivity contribution >= 4 is 0 Å². The molecule has 2 aliphatic carbocycles. The second-order valence-corrected chi connectivity index (χ2v) is 5.53. The highest BCUT2D eigenvalue weighted by molar-refractivity contribution is 5.45. The Morgan fingerprint density at radius 3 is 3.18 bits per heavy atom. The first-order valence-electron chi connectivity index (χ1n) is 6.76. The number of hydrogen-bond acceptors (Lipinski definition) is 1. The van der Waals surface area contributed by atoms with E-state index in [4.69, 9.17) is 0 Å². The lowest BCUT2D eigenvalue weighted by molar-refractivity contribution is 0.546. The molecule has 1 saturated carbocycles. The molecule has 3 rings (SSSR count). The molecular formula is C15H20FN. The quantitative estimate of drug-likeness (QED) is 0.788. The number of fused-ring (bicyclic) bond motifs is 2. The lowest BCUT2D eigenvalue weighted by atomic mass is 9.95. The van der Waals surface area contributed by atoms with E-state index in [2.05, 4.69) is 18.3 Å². The van der Waals surface area contributed by atoms with Gasteiger partial charge in [-0.25, -0.2) is 4.39 Å². The molecule has 0 amide bonds. The van der Waals surface area contributed by atoms with Crippen LogP contribution in [0.5, 0.6) is 0 Å². The van der Waals surface area contributed by atoms with Crippen molar-refractivity contribution in [2.45, 2.75) is 38.0 Å². The fourth-order valence-electron chi connectivity index (χ4n) is 3.50. The van der Waals surface area contributed by atoms with E-state index in [9.17, 15) is 4.39 Å². The molecule has 1 aromatic carbocycles. The molecule has 1 spiro atoms. The Morgan fingerprint density at radius 1 is 1.47 bits per heavy atom. The second-order valence-electron chi connectivity index (χ2n) is 5.53. The maximum absolute atomic E-state index is 13.7. The van der Waals surface area contributed by atoms with Crippen LogP contribution in [-0.2, 0) is 11.8 Å². The topological polar surface area (TPSA) is 12.0 Å². The van der Waals surface area contributed by atoms with E-state index >= 15 is 0 Å². The lowest BCUT2D eigenvalue weighted by Crippen LogP contribution is -2.21. The van der Waals surface area contributed by atoms with Crippen molar-refractivity contribution in [2.75, 3.05) is 13.1 Å². The molecular weight excluding hydrogens is 213 g/mol. The van der Waals surface area contributed by atoms with Gasteiger partial charge in [-0.2, -0.15) is 0 Å². The van der Waals surface area contributed by atoms with Crippen molar-refractivity contribution in [3.8, 4) is 0 Å². The van der Waals surface area contributed by atoms with Crippen LogP contribution in [0.1, 0.15) is 37.3 Å². The van der Waals surface area contributed by atoms with Gasteiger partial charge in [-0.3, -0.25) is 0 Å². The van der Waals surface area contributed by atoms with Gasteiger partial charge in [-0.05, 0) is 61.9 Å². The third-order valence-corrected chi connectivity index (χ3v) is 4.53. The molecule has 2 heteroatoms. The molecule has 2 atom stereocenters. The van der Waals surface area contributed by atoms with Gasteiger partial charge < -0.3 is 5.32 Å². The van der Waals surface area contributed by atoms with Crippen molar-refractivity contribution in [3.05, 3.63) is 35.1 Å². The van der Waals surface area contributed by atoms with Crippen LogP contribution >= 0.6 is 0 Å². The molecule has 0 heterocycles. The van der Waals surface area contributed by atoms with Gasteiger partial charge in [-0.1, -0.05) is 19.1 Å². The number of benzene rings is 1. The van der Waals surface area contributed by atoms with E-state index in [-0.39, 0.29) is 5.82 Å². The summed E-state index contributed by atoms with van der Waals surface area (Å²) in [4.78, 5) is 0. The average molecular weight is 233 g/mol. The summed E-state index contributed by atoms with van der Waals surface area (Å²) in [5.74, 6) is 0.739. The van der Waals surface area contributed by atoms with Crippen LogP contribution in [0.3, 0.4) is 0 Å². The SMILES string of the molecule is CCCNCC1CC12CCc1c(F)cccc12. The first kappa shape index (κ1) is 11.2. The maximum atomic E-state index is 13.7. The summed E-state index contributed by atoms with van der Waals surface area (Å²) in [5, 5.41) is 3.50. The standard InChI is InChI=1S/C15H20FN/c1-2-8-17-10-11-9-15(11)7-6-12-13(15)4-3-5-14(12)16/h3-5,11,17H,2,6-10H2,1H3. The molecule has 0 saturated heterocycles. The summed E-state index contributed by atoms with van der Waals surface area (Å²) < 4.78 is 13.7. The molecule has 0 aliphatic heterocycles. The van der Waals surface area contributed by atoms with E-state index in [1.165, 1.54) is 18.4 Å². The van der Waals surface area contributed by atoms with Gasteiger partial charge in [0.2, 0.25) is 0 Å². The summed E-state index contributed by atoms with van der Waals surface area (Å²) in [5.41, 5.74) is 2.63. The van der Waals surface area contributed by atoms with E-state index in [1.807, 2.05) is 6.07 Å². The Bertz CT molecular complexity index is 429. The minimum absolute atomic E-state index is 0.00606. The van der Waals surface area contributed by atoms with Crippen molar-refractivity contribution in [3.63, 3.8) is 0 Å². The van der Waals surface area contributed by atoms with Crippen LogP contribution in [0.25, 0.3) is 0 Å². The summed E-state index contributed by atoms with van der Waals surface area (Å²) in [6.07, 6.45) is 4.53. The minimum atomic E-state index is 0.00606. The summed E-state index contributed by atoms with van der Waals surface area (Å²) >= 11 is 0. The van der Waals surface area contributed by atoms with Crippen molar-refractivity contribution in [2.24, 2.45) is 5.92 Å². The van der Waals surface area contributed by atoms with Crippen LogP contribution in [0.4, 0.5) is 4.39 Å². The fraction of sp³-hybridized carbons (Fsp3) is 0.600. The smallest absolute Gasteiger partial charge is 0.126 e. The zero-order chi connectivity index (χ0) is 11.9. The van der Waals surface area contributed by atoms with Gasteiger partial charge >= 0.3 is 0 Å². The van der Waals surface area contributed by atoms with E-state index in [0.717, 1.165) is 37.4 Å². The number of halogens is 1. The van der Waals surface area contributed by atoms with Crippen LogP contribution in [0.2, 0.25) is 0 Å². The third kappa shape index (κ3) is 1.70. The highest BCUT2D eigenvalue weighted by Gasteiger charge is 2.57. The Labute approximate surface area is 102 Å². The predicted octanol–water partition coefficient (Wildman–Crippen LogP) is 3.03. The number of rotatable bonds is 4. The molecule has 0 bridgehead atoms. The molecule has 2 aliphatic rings. The highest BCUT2D eigenvalue weighted by atomic mass is 19.1. The molecule has 2 unspecified atom stereocenters. The molecule has 1 fully saturated rings. The van der Waals surface area contributed by atoms with Crippen LogP contribution in [-0.4, -0.2) is 13.1 Å². The molecule has 1 N–H and O–H groups in total. The third-order valence-electron chi connectivity index (χ3n) is 4.53. The fourth-order valence-corrected chi connectivity index (χ4v) is 3.50. The number of hydrogen-bond donors (Lipinski definition) is 1. The minimum Gasteiger partial charge on any atom is -0.316 e. The second kappa shape index (κ2) is 4.09. The van der Waals surface area contributed by atoms with Gasteiger partial charge in [-0.15, -0.1) is 0 Å². The van der Waals surface area contributed by atoms with Crippen molar-refractivity contribution < 1.29 is 4.39 Å². The molecule has 1 aromatic rings. The summed E-state index contributed by atoms with van der Waals surface area (Å²) in [7, 11) is 0. The Morgan fingerprint density at radius 2 is 2.35 bits per heavy atom. The predicted molar refractivity (Wildman–Crippen MR) is 67.7 cm³/mol. The van der Waals surface area contributed by atoms with Gasteiger partial charge in [0.1, 0.15) is 5.82 Å². The zero-order valence-corrected chi connectivity index (χ0v) is 10.4. The van der Waals surface area contributed by atoms with E-state index in [1.54, 1.807) is 6.07 Å². The summed E-state index contributed by atoms with van der Waals surface area (Å²) in [6.45, 7) is 4.39. The van der Waals surface area contributed by atoms with Gasteiger partial charge in [0.05, 0.1) is 0 Å². The van der Waals surface area contributed by atoms with Crippen molar-refractivity contribution in [1.29, 1.82) is 0 Å². The molecule has 1 nitrogen and oxygen atoms in total. The Hall–Kier alpha value is -0.890. The monoisotopic (exact) mass is 233 g/mol. The first-order chi connectivity index (χ1) is 8.28. The molecule has 0 aromatic heterocycles. The highest BCUT2D eigenvalue weighted by Crippen LogP contribution is 2.61. The van der Waals surface area contributed by atoms with Crippen LogP contribution < -0.4 is 5.32 Å². The summed E-state index contributed by atoms with van der Waals surface area (Å²) in [6, 6.07) is 5.62. The van der Waals surface area contributed by atoms with Gasteiger partial charge in [0, 0.05) is 5.41 Å². The van der Waals surface area contributed by atoms with E-state index < -0.39 is 0 Å². The molecule has 0 radical (unpaired) electrons. The zero-order valence-electron chi connectivity index (χ0n) is 10.4. The Kier molecular flexibility index (Phi) is 2.70. The van der Waals surface area contributed by atoms with Gasteiger partial charge in [0.15, 0.2) is 0 Å². The van der Waals surface area contributed by atoms with Crippen molar-refractivity contribution in [1.82, 2.24) is 5.32 Å². The first-order valence-corrected chi connectivity index (χ1v) is 6.76. The van der Waals surface area contributed by atoms with E-state index in [0.29, 0.717) is 5.41 Å². The Balaban J connectivity index is 1.75. The molecule has 17 heavy (non-hydrogen) atoms. The van der Waals surface area contributed by atoms with Crippen LogP contribution in [0.15, 0.2) is 18.2 Å². The maximum Gasteiger partial charge on any atom is 0.126 e. The normalized spacial score (nSPS) is 29.6. The lowest BCUT2D eigenvalue weighted by Gasteiger charge is -2.12. The average Bonchev–Trinajstić information content (AvgIpc) is 2.88.